The molecule has 4 heteroatoms. The predicted octanol–water partition coefficient (Wildman–Crippen LogP) is 2.39. The Balaban J connectivity index is 2.64. The van der Waals surface area contributed by atoms with E-state index in [1.807, 2.05) is 25.7 Å². The number of amides is 1. The van der Waals surface area contributed by atoms with Gasteiger partial charge in [-0.2, -0.15) is 0 Å². The van der Waals surface area contributed by atoms with Gasteiger partial charge in [0.25, 0.3) is 0 Å². The van der Waals surface area contributed by atoms with Crippen LogP contribution in [0.2, 0.25) is 0 Å². The van der Waals surface area contributed by atoms with Gasteiger partial charge in [-0.15, -0.1) is 0 Å². The fourth-order valence-corrected chi connectivity index (χ4v) is 2.02. The third kappa shape index (κ3) is 4.94. The van der Waals surface area contributed by atoms with Gasteiger partial charge in [0.05, 0.1) is 0 Å². The van der Waals surface area contributed by atoms with Crippen LogP contribution in [0, 0.1) is 0 Å². The maximum absolute atomic E-state index is 12.1. The van der Waals surface area contributed by atoms with Crippen LogP contribution in [0.5, 0.6) is 0 Å². The molecule has 0 aromatic carbocycles. The van der Waals surface area contributed by atoms with Gasteiger partial charge >= 0.3 is 6.09 Å². The average molecular weight is 242 g/mol. The number of hydrogen-bond donors (Lipinski definition) is 1. The molecule has 0 spiro atoms. The first-order valence-electron chi connectivity index (χ1n) is 6.64. The van der Waals surface area contributed by atoms with Crippen LogP contribution in [0.3, 0.4) is 0 Å². The zero-order chi connectivity index (χ0) is 12.9. The van der Waals surface area contributed by atoms with Crippen LogP contribution in [0.15, 0.2) is 0 Å². The van der Waals surface area contributed by atoms with E-state index in [4.69, 9.17) is 4.74 Å². The molecule has 0 bridgehead atoms. The Morgan fingerprint density at radius 1 is 1.41 bits per heavy atom. The largest absolute Gasteiger partial charge is 0.444 e. The van der Waals surface area contributed by atoms with Gasteiger partial charge in [-0.05, 0) is 46.6 Å². The number of rotatable bonds is 1. The highest BCUT2D eigenvalue weighted by Crippen LogP contribution is 2.15. The number of nitrogens with zero attached hydrogens (tertiary/aromatic N) is 1. The zero-order valence-electron chi connectivity index (χ0n) is 11.6. The van der Waals surface area contributed by atoms with Crippen LogP contribution in [0.4, 0.5) is 4.79 Å². The zero-order valence-corrected chi connectivity index (χ0v) is 11.6. The lowest BCUT2D eigenvalue weighted by Gasteiger charge is -2.34. The fourth-order valence-electron chi connectivity index (χ4n) is 2.02. The van der Waals surface area contributed by atoms with E-state index in [2.05, 4.69) is 12.2 Å². The number of ether oxygens (including phenoxy) is 1. The van der Waals surface area contributed by atoms with Crippen LogP contribution in [0.25, 0.3) is 0 Å². The summed E-state index contributed by atoms with van der Waals surface area (Å²) in [5, 5.41) is 3.39. The van der Waals surface area contributed by atoms with Gasteiger partial charge < -0.3 is 15.0 Å². The van der Waals surface area contributed by atoms with Crippen molar-refractivity contribution >= 4 is 6.09 Å². The van der Waals surface area contributed by atoms with Crippen LogP contribution in [-0.4, -0.2) is 42.3 Å². The molecule has 100 valence electrons. The highest BCUT2D eigenvalue weighted by molar-refractivity contribution is 5.68. The average Bonchev–Trinajstić information content (AvgIpc) is 2.14. The molecule has 0 aromatic rings. The van der Waals surface area contributed by atoms with Crippen molar-refractivity contribution in [3.63, 3.8) is 0 Å². The molecule has 0 aliphatic carbocycles. The van der Waals surface area contributed by atoms with Crippen molar-refractivity contribution in [2.75, 3.05) is 19.6 Å². The molecule has 1 aliphatic heterocycles. The minimum atomic E-state index is -0.412. The quantitative estimate of drug-likeness (QED) is 0.767. The van der Waals surface area contributed by atoms with E-state index in [-0.39, 0.29) is 12.1 Å². The van der Waals surface area contributed by atoms with E-state index >= 15 is 0 Å². The van der Waals surface area contributed by atoms with E-state index in [1.54, 1.807) is 0 Å². The third-order valence-electron chi connectivity index (χ3n) is 2.92. The highest BCUT2D eigenvalue weighted by Gasteiger charge is 2.27. The van der Waals surface area contributed by atoms with Crippen LogP contribution >= 0.6 is 0 Å². The lowest BCUT2D eigenvalue weighted by Crippen LogP contribution is -2.49. The first-order chi connectivity index (χ1) is 7.94. The maximum atomic E-state index is 12.1. The van der Waals surface area contributed by atoms with Crippen LogP contribution < -0.4 is 5.32 Å². The number of hydrogen-bond acceptors (Lipinski definition) is 3. The second-order valence-electron chi connectivity index (χ2n) is 5.65. The second-order valence-corrected chi connectivity index (χ2v) is 5.65. The normalized spacial score (nSPS) is 22.8. The van der Waals surface area contributed by atoms with Crippen molar-refractivity contribution in [1.82, 2.24) is 10.2 Å². The van der Waals surface area contributed by atoms with Crippen molar-refractivity contribution < 1.29 is 9.53 Å². The van der Waals surface area contributed by atoms with E-state index in [0.29, 0.717) is 0 Å². The summed E-state index contributed by atoms with van der Waals surface area (Å²) in [4.78, 5) is 14.0. The molecule has 0 saturated carbocycles. The molecule has 1 N–H and O–H groups in total. The summed E-state index contributed by atoms with van der Waals surface area (Å²) < 4.78 is 5.46. The SMILES string of the molecule is CC[C@H]1CNCCCCN1C(=O)OC(C)(C)C. The molecule has 17 heavy (non-hydrogen) atoms. The minimum Gasteiger partial charge on any atom is -0.444 e. The molecule has 0 radical (unpaired) electrons. The topological polar surface area (TPSA) is 41.6 Å². The van der Waals surface area contributed by atoms with Gasteiger partial charge in [0, 0.05) is 19.1 Å². The Morgan fingerprint density at radius 3 is 2.71 bits per heavy atom. The van der Waals surface area contributed by atoms with Crippen molar-refractivity contribution in [1.29, 1.82) is 0 Å². The van der Waals surface area contributed by atoms with Gasteiger partial charge in [0.2, 0.25) is 0 Å². The summed E-state index contributed by atoms with van der Waals surface area (Å²) in [6.07, 6.45) is 2.96. The summed E-state index contributed by atoms with van der Waals surface area (Å²) in [5.41, 5.74) is -0.412. The summed E-state index contributed by atoms with van der Waals surface area (Å²) in [5.74, 6) is 0. The van der Waals surface area contributed by atoms with Crippen molar-refractivity contribution in [2.24, 2.45) is 0 Å². The minimum absolute atomic E-state index is 0.173. The van der Waals surface area contributed by atoms with Crippen molar-refractivity contribution in [3.05, 3.63) is 0 Å². The molecule has 1 atom stereocenters. The second kappa shape index (κ2) is 6.24. The fraction of sp³-hybridized carbons (Fsp3) is 0.923. The molecule has 0 aromatic heterocycles. The van der Waals surface area contributed by atoms with Gasteiger partial charge in [0.1, 0.15) is 5.60 Å². The van der Waals surface area contributed by atoms with Gasteiger partial charge in [0.15, 0.2) is 0 Å². The Labute approximate surface area is 105 Å². The summed E-state index contributed by atoms with van der Waals surface area (Å²) in [7, 11) is 0. The van der Waals surface area contributed by atoms with Gasteiger partial charge in [-0.1, -0.05) is 6.92 Å². The number of carbonyl (C=O) groups excluding carboxylic acids is 1. The van der Waals surface area contributed by atoms with Crippen molar-refractivity contribution in [2.45, 2.75) is 58.6 Å². The smallest absolute Gasteiger partial charge is 0.410 e. The predicted molar refractivity (Wildman–Crippen MR) is 69.1 cm³/mol. The molecular weight excluding hydrogens is 216 g/mol. The first kappa shape index (κ1) is 14.3. The molecule has 0 unspecified atom stereocenters. The van der Waals surface area contributed by atoms with Crippen LogP contribution in [0.1, 0.15) is 47.0 Å². The lowest BCUT2D eigenvalue weighted by atomic mass is 10.1. The molecule has 1 saturated heterocycles. The van der Waals surface area contributed by atoms with E-state index in [1.165, 1.54) is 0 Å². The molecule has 1 amide bonds. The molecule has 1 heterocycles. The van der Waals surface area contributed by atoms with Crippen LogP contribution in [-0.2, 0) is 4.74 Å². The molecule has 4 nitrogen and oxygen atoms in total. The highest BCUT2D eigenvalue weighted by atomic mass is 16.6. The third-order valence-corrected chi connectivity index (χ3v) is 2.92. The van der Waals surface area contributed by atoms with E-state index in [0.717, 1.165) is 38.9 Å². The van der Waals surface area contributed by atoms with Gasteiger partial charge in [-0.3, -0.25) is 0 Å². The lowest BCUT2D eigenvalue weighted by molar-refractivity contribution is 0.0142. The Bertz CT molecular complexity index is 248. The summed E-state index contributed by atoms with van der Waals surface area (Å²) in [6, 6.07) is 0.255. The molecule has 1 aliphatic rings. The number of nitrogens with one attached hydrogen (secondary N) is 1. The molecular formula is C13H26N2O2. The molecule has 1 rings (SSSR count). The Kier molecular flexibility index (Phi) is 5.25. The maximum Gasteiger partial charge on any atom is 0.410 e. The monoisotopic (exact) mass is 242 g/mol. The molecule has 1 fully saturated rings. The number of carbonyl (C=O) groups is 1. The van der Waals surface area contributed by atoms with E-state index in [9.17, 15) is 4.79 Å². The summed E-state index contributed by atoms with van der Waals surface area (Å²) in [6.45, 7) is 10.6. The van der Waals surface area contributed by atoms with Gasteiger partial charge in [-0.25, -0.2) is 4.79 Å². The van der Waals surface area contributed by atoms with Crippen molar-refractivity contribution in [3.8, 4) is 0 Å². The Morgan fingerprint density at radius 2 is 2.12 bits per heavy atom. The summed E-state index contributed by atoms with van der Waals surface area (Å²) >= 11 is 0. The Hall–Kier alpha value is -0.770. The van der Waals surface area contributed by atoms with E-state index < -0.39 is 5.60 Å². The standard InChI is InChI=1S/C13H26N2O2/c1-5-11-10-14-8-6-7-9-15(11)12(16)17-13(2,3)4/h11,14H,5-10H2,1-4H3/t11-/m0/s1. The first-order valence-corrected chi connectivity index (χ1v) is 6.64.